The fourth-order valence-electron chi connectivity index (χ4n) is 1.01. The van der Waals surface area contributed by atoms with Crippen molar-refractivity contribution in [1.29, 1.82) is 0 Å². The third kappa shape index (κ3) is 3.13. The van der Waals surface area contributed by atoms with Crippen molar-refractivity contribution in [3.05, 3.63) is 51.9 Å². The van der Waals surface area contributed by atoms with Crippen LogP contribution in [0.1, 0.15) is 15.9 Å². The van der Waals surface area contributed by atoms with Gasteiger partial charge in [0.2, 0.25) is 0 Å². The molecule has 4 nitrogen and oxygen atoms in total. The number of carbonyl (C=O) groups excluding carboxylic acids is 1. The first-order valence-corrected chi connectivity index (χ1v) is 4.09. The number of azide groups is 1. The summed E-state index contributed by atoms with van der Waals surface area (Å²) in [7, 11) is 0. The molecule has 0 amide bonds. The Labute approximate surface area is 81.5 Å². The van der Waals surface area contributed by atoms with Gasteiger partial charge in [0.05, 0.1) is 0 Å². The van der Waals surface area contributed by atoms with E-state index in [9.17, 15) is 4.79 Å². The maximum Gasteiger partial charge on any atom is 0.150 e. The monoisotopic (exact) mass is 187 g/mol. The van der Waals surface area contributed by atoms with Crippen molar-refractivity contribution in [2.24, 2.45) is 5.11 Å². The smallest absolute Gasteiger partial charge is 0.150 e. The van der Waals surface area contributed by atoms with Gasteiger partial charge in [-0.3, -0.25) is 4.79 Å². The molecule has 0 fully saturated rings. The molecule has 1 rings (SSSR count). The van der Waals surface area contributed by atoms with Crippen molar-refractivity contribution in [3.63, 3.8) is 0 Å². The molecular weight excluding hydrogens is 178 g/mol. The third-order valence-electron chi connectivity index (χ3n) is 1.61. The fraction of sp³-hybridized carbons (Fsp3) is 0.100. The van der Waals surface area contributed by atoms with Crippen LogP contribution in [-0.2, 0) is 0 Å². The highest BCUT2D eigenvalue weighted by Crippen LogP contribution is 2.04. The molecule has 0 aliphatic heterocycles. The van der Waals surface area contributed by atoms with Gasteiger partial charge in [0, 0.05) is 17.0 Å². The number of aldehydes is 1. The lowest BCUT2D eigenvalue weighted by atomic mass is 10.1. The van der Waals surface area contributed by atoms with E-state index in [4.69, 9.17) is 5.53 Å². The number of carbonyl (C=O) groups is 1. The van der Waals surface area contributed by atoms with Gasteiger partial charge in [-0.1, -0.05) is 35.5 Å². The minimum absolute atomic E-state index is 0.321. The molecule has 0 radical (unpaired) electrons. The van der Waals surface area contributed by atoms with Crippen molar-refractivity contribution in [2.45, 2.75) is 0 Å². The van der Waals surface area contributed by atoms with E-state index in [0.29, 0.717) is 12.1 Å². The molecule has 0 aliphatic rings. The van der Waals surface area contributed by atoms with Crippen LogP contribution in [0.4, 0.5) is 0 Å². The zero-order chi connectivity index (χ0) is 10.2. The topological polar surface area (TPSA) is 65.8 Å². The summed E-state index contributed by atoms with van der Waals surface area (Å²) in [4.78, 5) is 13.1. The largest absolute Gasteiger partial charge is 0.298 e. The fourth-order valence-corrected chi connectivity index (χ4v) is 1.01. The number of nitrogens with zero attached hydrogens (tertiary/aromatic N) is 3. The van der Waals surface area contributed by atoms with Crippen LogP contribution in [0.2, 0.25) is 0 Å². The molecule has 0 unspecified atom stereocenters. The molecular formula is C10H9N3O. The minimum atomic E-state index is 0.321. The molecule has 0 atom stereocenters. The molecule has 0 heterocycles. The Balaban J connectivity index is 2.70. The van der Waals surface area contributed by atoms with E-state index >= 15 is 0 Å². The maximum absolute atomic E-state index is 10.4. The van der Waals surface area contributed by atoms with Crippen LogP contribution in [0.15, 0.2) is 35.5 Å². The van der Waals surface area contributed by atoms with Gasteiger partial charge < -0.3 is 0 Å². The van der Waals surface area contributed by atoms with Crippen LogP contribution in [0.5, 0.6) is 0 Å². The maximum atomic E-state index is 10.4. The zero-order valence-electron chi connectivity index (χ0n) is 7.50. The van der Waals surface area contributed by atoms with Crippen molar-refractivity contribution in [2.75, 3.05) is 6.54 Å². The zero-order valence-corrected chi connectivity index (χ0v) is 7.50. The predicted octanol–water partition coefficient (Wildman–Crippen LogP) is 2.82. The summed E-state index contributed by atoms with van der Waals surface area (Å²) < 4.78 is 0. The van der Waals surface area contributed by atoms with Gasteiger partial charge in [0.15, 0.2) is 0 Å². The van der Waals surface area contributed by atoms with Crippen molar-refractivity contribution >= 4 is 12.4 Å². The van der Waals surface area contributed by atoms with Gasteiger partial charge >= 0.3 is 0 Å². The Bertz CT molecular complexity index is 392. The Morgan fingerprint density at radius 3 is 2.93 bits per heavy atom. The first-order valence-electron chi connectivity index (χ1n) is 4.09. The highest BCUT2D eigenvalue weighted by molar-refractivity contribution is 5.76. The molecule has 14 heavy (non-hydrogen) atoms. The van der Waals surface area contributed by atoms with Crippen LogP contribution in [0.3, 0.4) is 0 Å². The first kappa shape index (κ1) is 10.0. The second-order valence-electron chi connectivity index (χ2n) is 2.60. The number of rotatable bonds is 4. The van der Waals surface area contributed by atoms with Gasteiger partial charge in [-0.05, 0) is 17.2 Å². The molecule has 4 heteroatoms. The van der Waals surface area contributed by atoms with Crippen LogP contribution < -0.4 is 0 Å². The Morgan fingerprint density at radius 1 is 1.43 bits per heavy atom. The number of benzene rings is 1. The van der Waals surface area contributed by atoms with Crippen molar-refractivity contribution in [1.82, 2.24) is 0 Å². The lowest BCUT2D eigenvalue weighted by Gasteiger charge is -1.93. The summed E-state index contributed by atoms with van der Waals surface area (Å²) >= 11 is 0. The molecule has 0 aliphatic carbocycles. The van der Waals surface area contributed by atoms with Gasteiger partial charge in [-0.2, -0.15) is 0 Å². The molecule has 0 bridgehead atoms. The van der Waals surface area contributed by atoms with Gasteiger partial charge in [0.25, 0.3) is 0 Å². The van der Waals surface area contributed by atoms with Crippen molar-refractivity contribution < 1.29 is 4.79 Å². The van der Waals surface area contributed by atoms with Crippen LogP contribution in [0, 0.1) is 0 Å². The highest BCUT2D eigenvalue weighted by Gasteiger charge is 1.89. The SMILES string of the molecule is [N-]=[N+]=NCC=Cc1cccc(C=O)c1. The second kappa shape index (κ2) is 5.56. The molecule has 70 valence electrons. The minimum Gasteiger partial charge on any atom is -0.298 e. The second-order valence-corrected chi connectivity index (χ2v) is 2.60. The summed E-state index contributed by atoms with van der Waals surface area (Å²) in [6.07, 6.45) is 4.34. The van der Waals surface area contributed by atoms with E-state index in [1.807, 2.05) is 12.1 Å². The summed E-state index contributed by atoms with van der Waals surface area (Å²) in [5.74, 6) is 0. The number of hydrogen-bond donors (Lipinski definition) is 0. The lowest BCUT2D eigenvalue weighted by Crippen LogP contribution is -1.80. The highest BCUT2D eigenvalue weighted by atomic mass is 16.1. The average Bonchev–Trinajstić information content (AvgIpc) is 2.25. The van der Waals surface area contributed by atoms with Crippen LogP contribution in [0.25, 0.3) is 16.5 Å². The Morgan fingerprint density at radius 2 is 2.21 bits per heavy atom. The van der Waals surface area contributed by atoms with Crippen LogP contribution in [-0.4, -0.2) is 12.8 Å². The summed E-state index contributed by atoms with van der Waals surface area (Å²) in [6, 6.07) is 7.17. The summed E-state index contributed by atoms with van der Waals surface area (Å²) in [6.45, 7) is 0.321. The Hall–Kier alpha value is -2.06. The molecule has 1 aromatic carbocycles. The molecule has 0 aromatic heterocycles. The summed E-state index contributed by atoms with van der Waals surface area (Å²) in [5.41, 5.74) is 9.58. The van der Waals surface area contributed by atoms with E-state index in [1.165, 1.54) is 0 Å². The summed E-state index contributed by atoms with van der Waals surface area (Å²) in [5, 5.41) is 3.35. The van der Waals surface area contributed by atoms with E-state index in [1.54, 1.807) is 24.3 Å². The predicted molar refractivity (Wildman–Crippen MR) is 54.9 cm³/mol. The van der Waals surface area contributed by atoms with Gasteiger partial charge in [0.1, 0.15) is 6.29 Å². The van der Waals surface area contributed by atoms with E-state index in [2.05, 4.69) is 10.0 Å². The third-order valence-corrected chi connectivity index (χ3v) is 1.61. The quantitative estimate of drug-likeness (QED) is 0.309. The molecule has 0 saturated carbocycles. The standard InChI is InChI=1S/C10H9N3O/c11-13-12-6-2-5-9-3-1-4-10(7-9)8-14/h1-5,7-8H,6H2. The molecule has 0 spiro atoms. The molecule has 0 N–H and O–H groups in total. The molecule has 1 aromatic rings. The normalized spacial score (nSPS) is 9.71. The van der Waals surface area contributed by atoms with Crippen molar-refractivity contribution in [3.8, 4) is 0 Å². The van der Waals surface area contributed by atoms with Gasteiger partial charge in [-0.15, -0.1) is 0 Å². The number of hydrogen-bond acceptors (Lipinski definition) is 2. The first-order chi connectivity index (χ1) is 6.86. The van der Waals surface area contributed by atoms with Gasteiger partial charge in [-0.25, -0.2) is 0 Å². The molecule has 0 saturated heterocycles. The van der Waals surface area contributed by atoms with E-state index < -0.39 is 0 Å². The van der Waals surface area contributed by atoms with E-state index in [0.717, 1.165) is 11.8 Å². The van der Waals surface area contributed by atoms with E-state index in [-0.39, 0.29) is 0 Å². The Kier molecular flexibility index (Phi) is 3.98. The lowest BCUT2D eigenvalue weighted by molar-refractivity contribution is 0.112. The average molecular weight is 187 g/mol. The van der Waals surface area contributed by atoms with Crippen LogP contribution >= 0.6 is 0 Å².